The number of anilines is 1. The van der Waals surface area contributed by atoms with E-state index in [9.17, 15) is 9.59 Å². The molecular formula is C20H16N4O2. The average Bonchev–Trinajstić information content (AvgIpc) is 3.06. The fraction of sp³-hybridized carbons (Fsp3) is 0.150. The van der Waals surface area contributed by atoms with Crippen LogP contribution in [0.3, 0.4) is 0 Å². The maximum absolute atomic E-state index is 13.2. The molecule has 5 rings (SSSR count). The molecule has 0 saturated heterocycles. The van der Waals surface area contributed by atoms with Gasteiger partial charge in [-0.3, -0.25) is 18.6 Å². The van der Waals surface area contributed by atoms with Crippen molar-refractivity contribution in [3.8, 4) is 0 Å². The summed E-state index contributed by atoms with van der Waals surface area (Å²) in [6, 6.07) is 17.4. The van der Waals surface area contributed by atoms with Gasteiger partial charge < -0.3 is 5.32 Å². The maximum Gasteiger partial charge on any atom is 0.260 e. The summed E-state index contributed by atoms with van der Waals surface area (Å²) in [4.78, 5) is 30.2. The first kappa shape index (κ1) is 14.9. The number of rotatable bonds is 1. The highest BCUT2D eigenvalue weighted by Gasteiger charge is 2.32. The second kappa shape index (κ2) is 5.29. The molecule has 0 spiro atoms. The van der Waals surface area contributed by atoms with Crippen LogP contribution in [0.2, 0.25) is 0 Å². The number of fused-ring (bicyclic) bond motifs is 5. The monoisotopic (exact) mass is 344 g/mol. The van der Waals surface area contributed by atoms with Crippen molar-refractivity contribution in [2.45, 2.75) is 12.3 Å². The smallest absolute Gasteiger partial charge is 0.260 e. The predicted octanol–water partition coefficient (Wildman–Crippen LogP) is 2.66. The number of amides is 1. The number of nitrogens with zero attached hydrogens (tertiary/aromatic N) is 3. The normalized spacial score (nSPS) is 16.7. The Morgan fingerprint density at radius 1 is 1.04 bits per heavy atom. The van der Waals surface area contributed by atoms with Crippen molar-refractivity contribution >= 4 is 28.5 Å². The van der Waals surface area contributed by atoms with Gasteiger partial charge in [0.1, 0.15) is 5.82 Å². The number of aryl methyl sites for hydroxylation is 1. The van der Waals surface area contributed by atoms with E-state index in [1.807, 2.05) is 59.0 Å². The molecule has 1 aliphatic heterocycles. The summed E-state index contributed by atoms with van der Waals surface area (Å²) in [7, 11) is 1.72. The van der Waals surface area contributed by atoms with Gasteiger partial charge in [0, 0.05) is 19.4 Å². The molecule has 128 valence electrons. The van der Waals surface area contributed by atoms with Gasteiger partial charge in [-0.05, 0) is 17.7 Å². The average molecular weight is 344 g/mol. The number of nitrogens with one attached hydrogen (secondary N) is 1. The van der Waals surface area contributed by atoms with Crippen LogP contribution in [-0.4, -0.2) is 19.9 Å². The van der Waals surface area contributed by atoms with E-state index in [1.165, 1.54) is 0 Å². The van der Waals surface area contributed by atoms with Crippen LogP contribution in [0.4, 0.5) is 5.82 Å². The zero-order chi connectivity index (χ0) is 17.8. The third kappa shape index (κ3) is 1.95. The summed E-state index contributed by atoms with van der Waals surface area (Å²) in [6.45, 7) is 0. The van der Waals surface area contributed by atoms with Gasteiger partial charge in [-0.15, -0.1) is 0 Å². The highest BCUT2D eigenvalue weighted by atomic mass is 16.2. The van der Waals surface area contributed by atoms with Crippen molar-refractivity contribution in [3.63, 3.8) is 0 Å². The molecule has 1 atom stereocenters. The van der Waals surface area contributed by atoms with Gasteiger partial charge >= 0.3 is 0 Å². The first-order valence-electron chi connectivity index (χ1n) is 8.50. The lowest BCUT2D eigenvalue weighted by molar-refractivity contribution is -0.116. The maximum atomic E-state index is 13.2. The van der Waals surface area contributed by atoms with Gasteiger partial charge in [-0.25, -0.2) is 4.98 Å². The van der Waals surface area contributed by atoms with Crippen LogP contribution >= 0.6 is 0 Å². The van der Waals surface area contributed by atoms with Crippen LogP contribution in [0.1, 0.15) is 23.5 Å². The fourth-order valence-electron chi connectivity index (χ4n) is 3.83. The molecule has 6 heteroatoms. The van der Waals surface area contributed by atoms with E-state index in [0.29, 0.717) is 17.2 Å². The lowest BCUT2D eigenvalue weighted by atomic mass is 9.87. The van der Waals surface area contributed by atoms with Gasteiger partial charge in [0.15, 0.2) is 0 Å². The summed E-state index contributed by atoms with van der Waals surface area (Å²) < 4.78 is 3.44. The molecule has 6 nitrogen and oxygen atoms in total. The molecule has 0 saturated carbocycles. The fourth-order valence-corrected chi connectivity index (χ4v) is 3.83. The van der Waals surface area contributed by atoms with E-state index in [-0.39, 0.29) is 23.8 Å². The highest BCUT2D eigenvalue weighted by molar-refractivity contribution is 5.96. The minimum Gasteiger partial charge on any atom is -0.311 e. The van der Waals surface area contributed by atoms with E-state index in [2.05, 4.69) is 10.3 Å². The van der Waals surface area contributed by atoms with Crippen LogP contribution < -0.4 is 10.9 Å². The first-order chi connectivity index (χ1) is 12.6. The zero-order valence-electron chi connectivity index (χ0n) is 14.1. The van der Waals surface area contributed by atoms with Gasteiger partial charge in [0.05, 0.1) is 16.6 Å². The summed E-state index contributed by atoms with van der Waals surface area (Å²) in [5.41, 5.74) is 3.09. The molecule has 1 amide bonds. The minimum atomic E-state index is -0.274. The lowest BCUT2D eigenvalue weighted by Gasteiger charge is -2.26. The Morgan fingerprint density at radius 2 is 1.77 bits per heavy atom. The number of hydrogen-bond acceptors (Lipinski definition) is 3. The largest absolute Gasteiger partial charge is 0.311 e. The van der Waals surface area contributed by atoms with Crippen molar-refractivity contribution < 1.29 is 4.79 Å². The molecule has 0 fully saturated rings. The quantitative estimate of drug-likeness (QED) is 0.577. The summed E-state index contributed by atoms with van der Waals surface area (Å²) >= 11 is 0. The van der Waals surface area contributed by atoms with Gasteiger partial charge in [-0.2, -0.15) is 0 Å². The molecule has 1 unspecified atom stereocenters. The Balaban J connectivity index is 1.94. The number of imidazole rings is 1. The molecule has 4 aromatic rings. The zero-order valence-corrected chi connectivity index (χ0v) is 14.1. The van der Waals surface area contributed by atoms with Crippen LogP contribution in [-0.2, 0) is 11.8 Å². The van der Waals surface area contributed by atoms with Crippen LogP contribution in [0.25, 0.3) is 16.8 Å². The van der Waals surface area contributed by atoms with Gasteiger partial charge in [0.2, 0.25) is 11.7 Å². The first-order valence-corrected chi connectivity index (χ1v) is 8.50. The third-order valence-corrected chi connectivity index (χ3v) is 5.05. The Morgan fingerprint density at radius 3 is 2.58 bits per heavy atom. The van der Waals surface area contributed by atoms with Gasteiger partial charge in [-0.1, -0.05) is 42.5 Å². The van der Waals surface area contributed by atoms with E-state index in [4.69, 9.17) is 0 Å². The van der Waals surface area contributed by atoms with E-state index >= 15 is 0 Å². The molecule has 0 radical (unpaired) electrons. The Hall–Kier alpha value is -3.41. The van der Waals surface area contributed by atoms with Crippen molar-refractivity contribution in [2.75, 3.05) is 5.32 Å². The Bertz CT molecular complexity index is 1240. The number of carbonyl (C=O) groups excluding carboxylic acids is 1. The molecule has 0 aliphatic carbocycles. The Kier molecular flexibility index (Phi) is 3.03. The number of carbonyl (C=O) groups is 1. The van der Waals surface area contributed by atoms with Gasteiger partial charge in [0.25, 0.3) is 5.56 Å². The molecule has 2 aromatic heterocycles. The molecule has 3 heterocycles. The number of aromatic nitrogens is 3. The summed E-state index contributed by atoms with van der Waals surface area (Å²) in [5.74, 6) is 0.675. The van der Waals surface area contributed by atoms with Crippen molar-refractivity contribution in [1.82, 2.24) is 14.0 Å². The standard InChI is InChI=1S/C20H16N4O2/c1-23-19(26)17-13(12-7-3-2-4-8-12)11-16(25)22-18(17)24-15-10-6-5-9-14(15)21-20(23)24/h2-10,13H,11H2,1H3,(H,22,25). The predicted molar refractivity (Wildman–Crippen MR) is 99.5 cm³/mol. The Labute approximate surface area is 148 Å². The second-order valence-electron chi connectivity index (χ2n) is 6.58. The number of hydrogen-bond donors (Lipinski definition) is 1. The summed E-state index contributed by atoms with van der Waals surface area (Å²) in [6.07, 6.45) is 0.254. The SMILES string of the molecule is Cn1c(=O)c2c(n3c4ccccc4nc13)NC(=O)CC2c1ccccc1. The second-order valence-corrected chi connectivity index (χ2v) is 6.58. The molecule has 1 aliphatic rings. The van der Waals surface area contributed by atoms with Crippen LogP contribution in [0.5, 0.6) is 0 Å². The van der Waals surface area contributed by atoms with E-state index in [0.717, 1.165) is 16.6 Å². The molecular weight excluding hydrogens is 328 g/mol. The highest BCUT2D eigenvalue weighted by Crippen LogP contribution is 2.36. The number of benzene rings is 2. The van der Waals surface area contributed by atoms with Crippen LogP contribution in [0.15, 0.2) is 59.4 Å². The minimum absolute atomic E-state index is 0.0984. The molecule has 1 N–H and O–H groups in total. The molecule has 26 heavy (non-hydrogen) atoms. The van der Waals surface area contributed by atoms with Crippen molar-refractivity contribution in [3.05, 3.63) is 76.1 Å². The summed E-state index contributed by atoms with van der Waals surface area (Å²) in [5, 5.41) is 2.92. The lowest BCUT2D eigenvalue weighted by Crippen LogP contribution is -2.35. The third-order valence-electron chi connectivity index (χ3n) is 5.05. The van der Waals surface area contributed by atoms with E-state index in [1.54, 1.807) is 11.6 Å². The number of para-hydroxylation sites is 2. The molecule has 2 aromatic carbocycles. The topological polar surface area (TPSA) is 68.4 Å². The molecule has 0 bridgehead atoms. The van der Waals surface area contributed by atoms with Crippen molar-refractivity contribution in [1.29, 1.82) is 0 Å². The van der Waals surface area contributed by atoms with Crippen LogP contribution in [0, 0.1) is 0 Å². The van der Waals surface area contributed by atoms with E-state index < -0.39 is 0 Å². The van der Waals surface area contributed by atoms with Crippen molar-refractivity contribution in [2.24, 2.45) is 7.05 Å².